The normalized spacial score (nSPS) is 19.0. The highest BCUT2D eigenvalue weighted by Gasteiger charge is 2.31. The first kappa shape index (κ1) is 22.3. The molecule has 1 amide bonds. The van der Waals surface area contributed by atoms with Gasteiger partial charge in [-0.25, -0.2) is 0 Å². The number of aliphatic hydroxyl groups excluding tert-OH is 1. The first-order valence-electron chi connectivity index (χ1n) is 11.3. The highest BCUT2D eigenvalue weighted by Crippen LogP contribution is 2.32. The Hall–Kier alpha value is -2.89. The molecular formula is C27H32N2O3. The van der Waals surface area contributed by atoms with Crippen molar-refractivity contribution in [1.29, 1.82) is 0 Å². The van der Waals surface area contributed by atoms with E-state index in [2.05, 4.69) is 18.2 Å². The molecule has 0 spiro atoms. The van der Waals surface area contributed by atoms with Gasteiger partial charge in [0.05, 0.1) is 12.2 Å². The van der Waals surface area contributed by atoms with Gasteiger partial charge in [-0.05, 0) is 80.5 Å². The number of aliphatic hydroxyl groups is 1. The second-order valence-electron chi connectivity index (χ2n) is 9.07. The van der Waals surface area contributed by atoms with Crippen LogP contribution in [-0.2, 0) is 0 Å². The first-order valence-corrected chi connectivity index (χ1v) is 11.3. The van der Waals surface area contributed by atoms with Crippen LogP contribution in [0.15, 0.2) is 60.7 Å². The summed E-state index contributed by atoms with van der Waals surface area (Å²) in [6.07, 6.45) is 0.356. The maximum Gasteiger partial charge on any atom is 0.253 e. The topological polar surface area (TPSA) is 53.0 Å². The summed E-state index contributed by atoms with van der Waals surface area (Å²) in [5, 5.41) is 12.6. The fourth-order valence-corrected chi connectivity index (χ4v) is 4.57. The molecule has 4 rings (SSSR count). The highest BCUT2D eigenvalue weighted by atomic mass is 16.5. The number of ether oxygens (including phenoxy) is 1. The molecule has 0 unspecified atom stereocenters. The van der Waals surface area contributed by atoms with Gasteiger partial charge in [0.2, 0.25) is 0 Å². The van der Waals surface area contributed by atoms with Crippen molar-refractivity contribution in [2.24, 2.45) is 0 Å². The van der Waals surface area contributed by atoms with Gasteiger partial charge in [-0.2, -0.15) is 0 Å². The lowest BCUT2D eigenvalue weighted by Gasteiger charge is -2.39. The Kier molecular flexibility index (Phi) is 6.49. The average molecular weight is 433 g/mol. The van der Waals surface area contributed by atoms with E-state index in [1.165, 1.54) is 0 Å². The number of carbonyl (C=O) groups excluding carboxylic acids is 1. The largest absolute Gasteiger partial charge is 0.491 e. The van der Waals surface area contributed by atoms with Gasteiger partial charge in [0.1, 0.15) is 5.75 Å². The van der Waals surface area contributed by atoms with Crippen LogP contribution in [-0.4, -0.2) is 66.2 Å². The number of carbonyl (C=O) groups is 1. The lowest BCUT2D eigenvalue weighted by atomic mass is 9.96. The second-order valence-corrected chi connectivity index (χ2v) is 9.07. The number of piperidine rings is 1. The number of likely N-dealkylation sites (N-methyl/N-ethyl adjacent to an activating group) is 1. The summed E-state index contributed by atoms with van der Waals surface area (Å²) in [6, 6.07) is 20.2. The number of rotatable bonds is 5. The molecule has 168 valence electrons. The van der Waals surface area contributed by atoms with Crippen LogP contribution in [0.2, 0.25) is 0 Å². The van der Waals surface area contributed by atoms with Crippen LogP contribution in [0.5, 0.6) is 5.75 Å². The number of nitrogens with zero attached hydrogens (tertiary/aromatic N) is 2. The van der Waals surface area contributed by atoms with Gasteiger partial charge in [-0.15, -0.1) is 0 Å². The SMILES string of the molecule is CC(C)Oc1cccc(-c2cccc3cc(C(=O)N4CC[C@H](N(C)C)[C@@H](O)C4)ccc23)c1. The van der Waals surface area contributed by atoms with Crippen LogP contribution < -0.4 is 4.74 Å². The minimum absolute atomic E-state index is 0.0270. The average Bonchev–Trinajstić information content (AvgIpc) is 2.77. The zero-order valence-electron chi connectivity index (χ0n) is 19.3. The Morgan fingerprint density at radius 2 is 1.88 bits per heavy atom. The number of hydrogen-bond acceptors (Lipinski definition) is 4. The number of hydrogen-bond donors (Lipinski definition) is 1. The molecule has 1 fully saturated rings. The molecule has 3 aromatic rings. The summed E-state index contributed by atoms with van der Waals surface area (Å²) in [4.78, 5) is 17.0. The predicted octanol–water partition coefficient (Wildman–Crippen LogP) is 4.43. The second kappa shape index (κ2) is 9.31. The summed E-state index contributed by atoms with van der Waals surface area (Å²) >= 11 is 0. The van der Waals surface area contributed by atoms with Gasteiger partial charge in [0, 0.05) is 24.7 Å². The van der Waals surface area contributed by atoms with Gasteiger partial charge in [-0.1, -0.05) is 36.4 Å². The molecule has 0 bridgehead atoms. The highest BCUT2D eigenvalue weighted by molar-refractivity contribution is 6.02. The molecule has 0 saturated carbocycles. The molecule has 0 aliphatic carbocycles. The Morgan fingerprint density at radius 3 is 2.59 bits per heavy atom. The third-order valence-electron chi connectivity index (χ3n) is 6.14. The Labute approximate surface area is 190 Å². The van der Waals surface area contributed by atoms with Crippen LogP contribution in [0.3, 0.4) is 0 Å². The standard InChI is InChI=1S/C27H32N2O3/c1-18(2)32-22-9-5-7-20(16-22)23-10-6-8-19-15-21(11-12-24(19)23)27(31)29-14-13-25(28(3)4)26(30)17-29/h5-12,15-16,18,25-26,30H,13-14,17H2,1-4H3/t25-,26-/m0/s1. The van der Waals surface area contributed by atoms with Crippen LogP contribution in [0.4, 0.5) is 0 Å². The van der Waals surface area contributed by atoms with E-state index in [1.807, 2.05) is 75.3 Å². The molecule has 0 aromatic heterocycles. The third kappa shape index (κ3) is 4.64. The van der Waals surface area contributed by atoms with E-state index in [1.54, 1.807) is 4.90 Å². The van der Waals surface area contributed by atoms with E-state index in [-0.39, 0.29) is 18.1 Å². The molecule has 5 heteroatoms. The molecule has 1 heterocycles. The summed E-state index contributed by atoms with van der Waals surface area (Å²) in [5.41, 5.74) is 2.85. The molecule has 1 N–H and O–H groups in total. The van der Waals surface area contributed by atoms with Crippen molar-refractivity contribution < 1.29 is 14.6 Å². The van der Waals surface area contributed by atoms with Gasteiger partial charge in [-0.3, -0.25) is 4.79 Å². The zero-order chi connectivity index (χ0) is 22.8. The van der Waals surface area contributed by atoms with Gasteiger partial charge >= 0.3 is 0 Å². The Morgan fingerprint density at radius 1 is 1.09 bits per heavy atom. The third-order valence-corrected chi connectivity index (χ3v) is 6.14. The molecule has 1 aliphatic heterocycles. The fourth-order valence-electron chi connectivity index (χ4n) is 4.57. The first-order chi connectivity index (χ1) is 15.3. The van der Waals surface area contributed by atoms with Crippen LogP contribution >= 0.6 is 0 Å². The summed E-state index contributed by atoms with van der Waals surface area (Å²) < 4.78 is 5.86. The minimum atomic E-state index is -0.532. The summed E-state index contributed by atoms with van der Waals surface area (Å²) in [5.74, 6) is 0.821. The predicted molar refractivity (Wildman–Crippen MR) is 129 cm³/mol. The van der Waals surface area contributed by atoms with Crippen molar-refractivity contribution >= 4 is 16.7 Å². The molecule has 2 atom stereocenters. The zero-order valence-corrected chi connectivity index (χ0v) is 19.3. The van der Waals surface area contributed by atoms with Gasteiger partial charge in [0.25, 0.3) is 5.91 Å². The molecule has 1 aliphatic rings. The smallest absolute Gasteiger partial charge is 0.253 e. The van der Waals surface area contributed by atoms with Gasteiger partial charge < -0.3 is 19.6 Å². The lowest BCUT2D eigenvalue weighted by Crippen LogP contribution is -2.53. The minimum Gasteiger partial charge on any atom is -0.491 e. The molecule has 32 heavy (non-hydrogen) atoms. The molecule has 5 nitrogen and oxygen atoms in total. The Balaban J connectivity index is 1.61. The Bertz CT molecular complexity index is 1110. The fraction of sp³-hybridized carbons (Fsp3) is 0.370. The molecule has 3 aromatic carbocycles. The van der Waals surface area contributed by atoms with Crippen molar-refractivity contribution in [2.75, 3.05) is 27.2 Å². The number of benzene rings is 3. The van der Waals surface area contributed by atoms with Gasteiger partial charge in [0.15, 0.2) is 0 Å². The molecule has 1 saturated heterocycles. The van der Waals surface area contributed by atoms with E-state index in [0.717, 1.165) is 34.1 Å². The number of fused-ring (bicyclic) bond motifs is 1. The summed E-state index contributed by atoms with van der Waals surface area (Å²) in [6.45, 7) is 5.05. The quantitative estimate of drug-likeness (QED) is 0.648. The van der Waals surface area contributed by atoms with Crippen molar-refractivity contribution in [3.63, 3.8) is 0 Å². The maximum atomic E-state index is 13.2. The maximum absolute atomic E-state index is 13.2. The van der Waals surface area contributed by atoms with Crippen molar-refractivity contribution in [3.8, 4) is 16.9 Å². The summed E-state index contributed by atoms with van der Waals surface area (Å²) in [7, 11) is 3.94. The van der Waals surface area contributed by atoms with Crippen molar-refractivity contribution in [1.82, 2.24) is 9.80 Å². The van der Waals surface area contributed by atoms with E-state index in [4.69, 9.17) is 4.74 Å². The van der Waals surface area contributed by atoms with E-state index < -0.39 is 6.10 Å². The van der Waals surface area contributed by atoms with Crippen molar-refractivity contribution in [3.05, 3.63) is 66.2 Å². The van der Waals surface area contributed by atoms with E-state index in [9.17, 15) is 9.90 Å². The monoisotopic (exact) mass is 432 g/mol. The van der Waals surface area contributed by atoms with Crippen LogP contribution in [0.1, 0.15) is 30.6 Å². The van der Waals surface area contributed by atoms with E-state index in [0.29, 0.717) is 18.7 Å². The molecular weight excluding hydrogens is 400 g/mol. The molecule has 0 radical (unpaired) electrons. The number of β-amino-alcohol motifs (C(OH)–C–C–N with tert-alkyl or cyclic N) is 1. The number of likely N-dealkylation sites (tertiary alicyclic amines) is 1. The lowest BCUT2D eigenvalue weighted by molar-refractivity contribution is 0.00608. The van der Waals surface area contributed by atoms with Crippen molar-refractivity contribution in [2.45, 2.75) is 38.5 Å². The van der Waals surface area contributed by atoms with Crippen LogP contribution in [0.25, 0.3) is 21.9 Å². The number of amides is 1. The van der Waals surface area contributed by atoms with Crippen LogP contribution in [0, 0.1) is 0 Å². The van der Waals surface area contributed by atoms with E-state index >= 15 is 0 Å².